The zero-order valence-corrected chi connectivity index (χ0v) is 12.6. The van der Waals surface area contributed by atoms with Crippen molar-refractivity contribution in [3.63, 3.8) is 0 Å². The topological polar surface area (TPSA) is 20.2 Å². The van der Waals surface area contributed by atoms with E-state index in [4.69, 9.17) is 0 Å². The van der Waals surface area contributed by atoms with Crippen LogP contribution in [0.1, 0.15) is 36.1 Å². The minimum Gasteiger partial charge on any atom is -0.384 e. The van der Waals surface area contributed by atoms with Crippen LogP contribution in [0.3, 0.4) is 0 Å². The molecule has 0 aliphatic carbocycles. The molecular weight excluding hydrogens is 335 g/mol. The highest BCUT2D eigenvalue weighted by atomic mass is 127. The van der Waals surface area contributed by atoms with Crippen LogP contribution in [-0.2, 0) is 6.42 Å². The average molecular weight is 352 g/mol. The summed E-state index contributed by atoms with van der Waals surface area (Å²) >= 11 is 2.27. The Kier molecular flexibility index (Phi) is 4.78. The lowest BCUT2D eigenvalue weighted by Crippen LogP contribution is -2.02. The highest BCUT2D eigenvalue weighted by Gasteiger charge is 2.13. The van der Waals surface area contributed by atoms with Crippen molar-refractivity contribution in [2.24, 2.45) is 0 Å². The van der Waals surface area contributed by atoms with E-state index >= 15 is 0 Å². The van der Waals surface area contributed by atoms with Crippen LogP contribution in [0.25, 0.3) is 0 Å². The fourth-order valence-electron chi connectivity index (χ4n) is 2.08. The van der Waals surface area contributed by atoms with Gasteiger partial charge in [0.2, 0.25) is 0 Å². The van der Waals surface area contributed by atoms with Gasteiger partial charge in [0.25, 0.3) is 0 Å². The fourth-order valence-corrected chi connectivity index (χ4v) is 2.77. The second kappa shape index (κ2) is 6.34. The van der Waals surface area contributed by atoms with Gasteiger partial charge in [-0.15, -0.1) is 0 Å². The Balaban J connectivity index is 2.31. The van der Waals surface area contributed by atoms with Crippen molar-refractivity contribution in [3.8, 4) is 0 Å². The zero-order chi connectivity index (χ0) is 13.0. The summed E-state index contributed by atoms with van der Waals surface area (Å²) in [4.78, 5) is 0. The van der Waals surface area contributed by atoms with Gasteiger partial charge in [0.05, 0.1) is 0 Å². The number of aliphatic hydroxyl groups excluding tert-OH is 1. The molecule has 0 saturated heterocycles. The third kappa shape index (κ3) is 3.12. The van der Waals surface area contributed by atoms with Gasteiger partial charge < -0.3 is 5.11 Å². The minimum atomic E-state index is -0.532. The maximum Gasteiger partial charge on any atom is 0.105 e. The van der Waals surface area contributed by atoms with E-state index in [0.29, 0.717) is 0 Å². The molecule has 0 amide bonds. The van der Waals surface area contributed by atoms with Gasteiger partial charge in [0.15, 0.2) is 0 Å². The molecule has 0 spiro atoms. The predicted octanol–water partition coefficient (Wildman–Crippen LogP) is 4.33. The molecule has 2 rings (SSSR count). The molecule has 1 N–H and O–H groups in total. The Hall–Kier alpha value is -0.870. The molecule has 1 nitrogen and oxygen atoms in total. The predicted molar refractivity (Wildman–Crippen MR) is 83.7 cm³/mol. The third-order valence-electron chi connectivity index (χ3n) is 3.01. The van der Waals surface area contributed by atoms with Gasteiger partial charge in [-0.1, -0.05) is 55.8 Å². The first-order chi connectivity index (χ1) is 8.72. The van der Waals surface area contributed by atoms with Crippen LogP contribution < -0.4 is 0 Å². The van der Waals surface area contributed by atoms with Crippen LogP contribution in [0.5, 0.6) is 0 Å². The molecule has 0 bridgehead atoms. The lowest BCUT2D eigenvalue weighted by Gasteiger charge is -2.14. The number of halogens is 1. The molecule has 0 aliphatic rings. The fraction of sp³-hybridized carbons (Fsp3) is 0.250. The number of rotatable bonds is 4. The van der Waals surface area contributed by atoms with Crippen LogP contribution >= 0.6 is 22.6 Å². The van der Waals surface area contributed by atoms with Gasteiger partial charge in [-0.25, -0.2) is 0 Å². The third-order valence-corrected chi connectivity index (χ3v) is 3.99. The van der Waals surface area contributed by atoms with E-state index in [2.05, 4.69) is 41.6 Å². The Morgan fingerprint density at radius 3 is 2.61 bits per heavy atom. The molecule has 2 heteroatoms. The van der Waals surface area contributed by atoms with Crippen LogP contribution in [0.15, 0.2) is 48.5 Å². The summed E-state index contributed by atoms with van der Waals surface area (Å²) in [6.45, 7) is 2.17. The van der Waals surface area contributed by atoms with Crippen molar-refractivity contribution < 1.29 is 5.11 Å². The van der Waals surface area contributed by atoms with Crippen molar-refractivity contribution in [2.45, 2.75) is 25.9 Å². The molecule has 0 aliphatic heterocycles. The van der Waals surface area contributed by atoms with Crippen molar-refractivity contribution in [1.29, 1.82) is 0 Å². The van der Waals surface area contributed by atoms with E-state index in [1.807, 2.05) is 36.4 Å². The molecule has 1 unspecified atom stereocenters. The molecule has 1 atom stereocenters. The molecule has 0 radical (unpaired) electrons. The molecule has 0 aromatic heterocycles. The van der Waals surface area contributed by atoms with Gasteiger partial charge in [-0.2, -0.15) is 0 Å². The Bertz CT molecular complexity index is 522. The first-order valence-electron chi connectivity index (χ1n) is 6.23. The second-order valence-electron chi connectivity index (χ2n) is 4.42. The SMILES string of the molecule is CCCc1cccc(C(O)c2ccccc2I)c1. The van der Waals surface area contributed by atoms with Crippen molar-refractivity contribution >= 4 is 22.6 Å². The second-order valence-corrected chi connectivity index (χ2v) is 5.58. The Morgan fingerprint density at radius 2 is 1.89 bits per heavy atom. The minimum absolute atomic E-state index is 0.532. The molecule has 0 heterocycles. The quantitative estimate of drug-likeness (QED) is 0.813. The van der Waals surface area contributed by atoms with Crippen LogP contribution in [0.4, 0.5) is 0 Å². The van der Waals surface area contributed by atoms with Gasteiger partial charge in [-0.3, -0.25) is 0 Å². The van der Waals surface area contributed by atoms with E-state index in [-0.39, 0.29) is 0 Å². The van der Waals surface area contributed by atoms with E-state index in [9.17, 15) is 5.11 Å². The average Bonchev–Trinajstić information content (AvgIpc) is 2.39. The number of hydrogen-bond donors (Lipinski definition) is 1. The Morgan fingerprint density at radius 1 is 1.11 bits per heavy atom. The smallest absolute Gasteiger partial charge is 0.105 e. The maximum absolute atomic E-state index is 10.5. The number of aryl methyl sites for hydroxylation is 1. The van der Waals surface area contributed by atoms with E-state index < -0.39 is 6.10 Å². The van der Waals surface area contributed by atoms with Crippen molar-refractivity contribution in [1.82, 2.24) is 0 Å². The molecule has 18 heavy (non-hydrogen) atoms. The first-order valence-corrected chi connectivity index (χ1v) is 7.31. The maximum atomic E-state index is 10.5. The monoisotopic (exact) mass is 352 g/mol. The number of hydrogen-bond acceptors (Lipinski definition) is 1. The van der Waals surface area contributed by atoms with Crippen molar-refractivity contribution in [2.75, 3.05) is 0 Å². The summed E-state index contributed by atoms with van der Waals surface area (Å²) in [5.74, 6) is 0. The standard InChI is InChI=1S/C16H17IO/c1-2-6-12-7-5-8-13(11-12)16(18)14-9-3-4-10-15(14)17/h3-5,7-11,16,18H,2,6H2,1H3. The van der Waals surface area contributed by atoms with Crippen LogP contribution in [0, 0.1) is 3.57 Å². The van der Waals surface area contributed by atoms with Crippen LogP contribution in [0.2, 0.25) is 0 Å². The molecule has 94 valence electrons. The summed E-state index contributed by atoms with van der Waals surface area (Å²) < 4.78 is 1.10. The summed E-state index contributed by atoms with van der Waals surface area (Å²) in [5, 5.41) is 10.5. The molecule has 0 fully saturated rings. The van der Waals surface area contributed by atoms with E-state index in [1.165, 1.54) is 5.56 Å². The van der Waals surface area contributed by atoms with Gasteiger partial charge in [0, 0.05) is 3.57 Å². The van der Waals surface area contributed by atoms with Crippen LogP contribution in [-0.4, -0.2) is 5.11 Å². The summed E-state index contributed by atoms with van der Waals surface area (Å²) in [6.07, 6.45) is 1.66. The van der Waals surface area contributed by atoms with Gasteiger partial charge in [-0.05, 0) is 51.8 Å². The largest absolute Gasteiger partial charge is 0.384 e. The molecule has 2 aromatic rings. The summed E-state index contributed by atoms with van der Waals surface area (Å²) in [5.41, 5.74) is 3.25. The van der Waals surface area contributed by atoms with E-state index in [1.54, 1.807) is 0 Å². The Labute approximate surface area is 122 Å². The first kappa shape index (κ1) is 13.6. The lowest BCUT2D eigenvalue weighted by molar-refractivity contribution is 0.219. The normalized spacial score (nSPS) is 12.4. The molecule has 0 saturated carbocycles. The molecule has 2 aromatic carbocycles. The van der Waals surface area contributed by atoms with Gasteiger partial charge in [0.1, 0.15) is 6.10 Å². The lowest BCUT2D eigenvalue weighted by atomic mass is 9.98. The number of aliphatic hydroxyl groups is 1. The zero-order valence-electron chi connectivity index (χ0n) is 10.4. The highest BCUT2D eigenvalue weighted by molar-refractivity contribution is 14.1. The van der Waals surface area contributed by atoms with E-state index in [0.717, 1.165) is 27.5 Å². The molecular formula is C16H17IO. The number of benzene rings is 2. The van der Waals surface area contributed by atoms with Crippen molar-refractivity contribution in [3.05, 3.63) is 68.8 Å². The summed E-state index contributed by atoms with van der Waals surface area (Å²) in [6, 6.07) is 16.2. The van der Waals surface area contributed by atoms with Gasteiger partial charge >= 0.3 is 0 Å². The highest BCUT2D eigenvalue weighted by Crippen LogP contribution is 2.26. The summed E-state index contributed by atoms with van der Waals surface area (Å²) in [7, 11) is 0.